The van der Waals surface area contributed by atoms with Crippen molar-refractivity contribution in [2.24, 2.45) is 0 Å². The number of hydrogen-bond donors (Lipinski definition) is 0. The lowest BCUT2D eigenvalue weighted by atomic mass is 10.1. The molecule has 1 heterocycles. The van der Waals surface area contributed by atoms with Crippen molar-refractivity contribution in [2.75, 3.05) is 0 Å². The Kier molecular flexibility index (Phi) is 7.10. The highest BCUT2D eigenvalue weighted by Crippen LogP contribution is 2.30. The average Bonchev–Trinajstić information content (AvgIpc) is 3.22. The Bertz CT molecular complexity index is 1590. The van der Waals surface area contributed by atoms with E-state index >= 15 is 0 Å². The highest BCUT2D eigenvalue weighted by atomic mass is 35.5. The van der Waals surface area contributed by atoms with Gasteiger partial charge < -0.3 is 9.30 Å². The maximum Gasteiger partial charge on any atom is 0.345 e. The smallest absolute Gasteiger partial charge is 0.345 e. The molecule has 36 heavy (non-hydrogen) atoms. The molecule has 0 spiro atoms. The number of carbonyl (C=O) groups is 1. The number of rotatable bonds is 6. The molecule has 5 rings (SSSR count). The minimum absolute atomic E-state index is 0.256. The van der Waals surface area contributed by atoms with Gasteiger partial charge in [0.15, 0.2) is 0 Å². The standard InChI is InChI=1S/C29H19Cl3N2O2/c30-20-15-13-19(14-16-20)18-34-26-12-6-5-11-25(26)33-28(34)17-27(21-7-1-3-9-23(21)31)36-29(35)22-8-2-4-10-24(22)32/h1-17H,18H2. The molecule has 0 aliphatic rings. The van der Waals surface area contributed by atoms with E-state index in [9.17, 15) is 4.79 Å². The van der Waals surface area contributed by atoms with Crippen molar-refractivity contribution in [3.05, 3.63) is 135 Å². The van der Waals surface area contributed by atoms with Crippen LogP contribution in [0.3, 0.4) is 0 Å². The predicted octanol–water partition coefficient (Wildman–Crippen LogP) is 8.40. The fraction of sp³-hybridized carbons (Fsp3) is 0.0345. The van der Waals surface area contributed by atoms with Gasteiger partial charge in [0, 0.05) is 23.2 Å². The molecule has 0 radical (unpaired) electrons. The summed E-state index contributed by atoms with van der Waals surface area (Å²) in [7, 11) is 0. The van der Waals surface area contributed by atoms with E-state index in [4.69, 9.17) is 44.5 Å². The van der Waals surface area contributed by atoms with Crippen LogP contribution in [0, 0.1) is 0 Å². The third kappa shape index (κ3) is 5.17. The number of ether oxygens (including phenoxy) is 1. The SMILES string of the molecule is O=C(OC(=Cc1nc2ccccc2n1Cc1ccc(Cl)cc1)c1ccccc1Cl)c1ccccc1Cl. The van der Waals surface area contributed by atoms with Gasteiger partial charge in [-0.25, -0.2) is 9.78 Å². The molecule has 4 aromatic carbocycles. The third-order valence-corrected chi connectivity index (χ3v) is 6.55. The first-order valence-corrected chi connectivity index (χ1v) is 12.3. The van der Waals surface area contributed by atoms with Crippen molar-refractivity contribution < 1.29 is 9.53 Å². The quantitative estimate of drug-likeness (QED) is 0.163. The van der Waals surface area contributed by atoms with Gasteiger partial charge in [-0.05, 0) is 54.1 Å². The van der Waals surface area contributed by atoms with Crippen LogP contribution in [0.4, 0.5) is 0 Å². The molecule has 0 N–H and O–H groups in total. The molecule has 0 saturated carbocycles. The number of esters is 1. The molecule has 178 valence electrons. The van der Waals surface area contributed by atoms with Gasteiger partial charge in [0.05, 0.1) is 26.6 Å². The van der Waals surface area contributed by atoms with E-state index in [-0.39, 0.29) is 11.3 Å². The molecular formula is C29H19Cl3N2O2. The number of fused-ring (bicyclic) bond motifs is 1. The van der Waals surface area contributed by atoms with Crippen LogP contribution in [0.5, 0.6) is 0 Å². The van der Waals surface area contributed by atoms with E-state index in [0.717, 1.165) is 16.6 Å². The summed E-state index contributed by atoms with van der Waals surface area (Å²) in [6, 6.07) is 29.4. The molecule has 0 fully saturated rings. The second-order valence-corrected chi connectivity index (χ2v) is 9.28. The average molecular weight is 534 g/mol. The third-order valence-electron chi connectivity index (χ3n) is 5.63. The van der Waals surface area contributed by atoms with E-state index in [1.807, 2.05) is 60.7 Å². The lowest BCUT2D eigenvalue weighted by Crippen LogP contribution is -2.07. The zero-order chi connectivity index (χ0) is 25.1. The van der Waals surface area contributed by atoms with Gasteiger partial charge in [-0.15, -0.1) is 0 Å². The van der Waals surface area contributed by atoms with Gasteiger partial charge in [-0.2, -0.15) is 0 Å². The first-order chi connectivity index (χ1) is 17.5. The summed E-state index contributed by atoms with van der Waals surface area (Å²) in [5.41, 5.74) is 3.62. The number of carbonyl (C=O) groups excluding carboxylic acids is 1. The minimum Gasteiger partial charge on any atom is -0.422 e. The largest absolute Gasteiger partial charge is 0.422 e. The van der Waals surface area contributed by atoms with Crippen LogP contribution in [-0.2, 0) is 11.3 Å². The molecule has 4 nitrogen and oxygen atoms in total. The van der Waals surface area contributed by atoms with E-state index < -0.39 is 5.97 Å². The molecule has 0 amide bonds. The van der Waals surface area contributed by atoms with Gasteiger partial charge in [0.25, 0.3) is 0 Å². The molecule has 7 heteroatoms. The van der Waals surface area contributed by atoms with Crippen molar-refractivity contribution in [3.63, 3.8) is 0 Å². The highest BCUT2D eigenvalue weighted by Gasteiger charge is 2.19. The van der Waals surface area contributed by atoms with Crippen LogP contribution in [0.25, 0.3) is 22.9 Å². The maximum atomic E-state index is 13.1. The van der Waals surface area contributed by atoms with Crippen molar-refractivity contribution in [1.29, 1.82) is 0 Å². The molecule has 0 bridgehead atoms. The molecular weight excluding hydrogens is 515 g/mol. The van der Waals surface area contributed by atoms with Crippen molar-refractivity contribution >= 4 is 63.6 Å². The van der Waals surface area contributed by atoms with Crippen LogP contribution in [-0.4, -0.2) is 15.5 Å². The van der Waals surface area contributed by atoms with Gasteiger partial charge in [-0.3, -0.25) is 0 Å². The van der Waals surface area contributed by atoms with E-state index in [1.54, 1.807) is 42.5 Å². The summed E-state index contributed by atoms with van der Waals surface area (Å²) in [6.07, 6.45) is 1.73. The summed E-state index contributed by atoms with van der Waals surface area (Å²) in [6.45, 7) is 0.539. The monoisotopic (exact) mass is 532 g/mol. The number of benzene rings is 4. The maximum absolute atomic E-state index is 13.1. The summed E-state index contributed by atoms with van der Waals surface area (Å²) in [4.78, 5) is 17.9. The van der Waals surface area contributed by atoms with Gasteiger partial charge in [0.1, 0.15) is 11.6 Å². The van der Waals surface area contributed by atoms with E-state index in [0.29, 0.717) is 33.0 Å². The zero-order valence-corrected chi connectivity index (χ0v) is 21.1. The lowest BCUT2D eigenvalue weighted by Gasteiger charge is -2.13. The second kappa shape index (κ2) is 10.6. The van der Waals surface area contributed by atoms with Crippen LogP contribution < -0.4 is 0 Å². The van der Waals surface area contributed by atoms with Gasteiger partial charge in [-0.1, -0.05) is 83.3 Å². The Morgan fingerprint density at radius 1 is 0.778 bits per heavy atom. The topological polar surface area (TPSA) is 44.1 Å². The Hall–Kier alpha value is -3.57. The molecule has 5 aromatic rings. The number of para-hydroxylation sites is 2. The van der Waals surface area contributed by atoms with E-state index in [2.05, 4.69) is 4.57 Å². The molecule has 0 saturated heterocycles. The number of aromatic nitrogens is 2. The Labute approximate surface area is 223 Å². The summed E-state index contributed by atoms with van der Waals surface area (Å²) in [5, 5.41) is 1.41. The Morgan fingerprint density at radius 2 is 1.39 bits per heavy atom. The predicted molar refractivity (Wildman–Crippen MR) is 146 cm³/mol. The molecule has 0 aliphatic carbocycles. The number of halogens is 3. The molecule has 1 aromatic heterocycles. The summed E-state index contributed by atoms with van der Waals surface area (Å²) in [5.74, 6) is 0.276. The summed E-state index contributed by atoms with van der Waals surface area (Å²) >= 11 is 18.8. The molecule has 0 unspecified atom stereocenters. The normalized spacial score (nSPS) is 11.6. The Morgan fingerprint density at radius 3 is 2.08 bits per heavy atom. The fourth-order valence-electron chi connectivity index (χ4n) is 3.86. The van der Waals surface area contributed by atoms with Crippen LogP contribution in [0.1, 0.15) is 27.3 Å². The van der Waals surface area contributed by atoms with Crippen molar-refractivity contribution in [1.82, 2.24) is 9.55 Å². The summed E-state index contributed by atoms with van der Waals surface area (Å²) < 4.78 is 7.94. The number of imidazole rings is 1. The molecule has 0 atom stereocenters. The van der Waals surface area contributed by atoms with Gasteiger partial charge in [0.2, 0.25) is 0 Å². The number of hydrogen-bond acceptors (Lipinski definition) is 3. The van der Waals surface area contributed by atoms with Gasteiger partial charge >= 0.3 is 5.97 Å². The van der Waals surface area contributed by atoms with Crippen LogP contribution in [0.2, 0.25) is 15.1 Å². The highest BCUT2D eigenvalue weighted by molar-refractivity contribution is 6.34. The van der Waals surface area contributed by atoms with E-state index in [1.165, 1.54) is 0 Å². The Balaban J connectivity index is 1.63. The number of nitrogens with zero attached hydrogens (tertiary/aromatic N) is 2. The van der Waals surface area contributed by atoms with Crippen molar-refractivity contribution in [3.8, 4) is 0 Å². The minimum atomic E-state index is -0.591. The first kappa shape index (κ1) is 24.1. The zero-order valence-electron chi connectivity index (χ0n) is 18.9. The molecule has 0 aliphatic heterocycles. The van der Waals surface area contributed by atoms with Crippen LogP contribution in [0.15, 0.2) is 97.1 Å². The fourth-order valence-corrected chi connectivity index (χ4v) is 4.43. The van der Waals surface area contributed by atoms with Crippen molar-refractivity contribution in [2.45, 2.75) is 6.54 Å². The van der Waals surface area contributed by atoms with Crippen LogP contribution >= 0.6 is 34.8 Å². The second-order valence-electron chi connectivity index (χ2n) is 8.03. The first-order valence-electron chi connectivity index (χ1n) is 11.1. The lowest BCUT2D eigenvalue weighted by molar-refractivity contribution is 0.0694.